The van der Waals surface area contributed by atoms with E-state index in [0.29, 0.717) is 15.7 Å². The smallest absolute Gasteiger partial charge is 0.320 e. The molecule has 0 spiro atoms. The van der Waals surface area contributed by atoms with E-state index in [0.717, 1.165) is 28.7 Å². The van der Waals surface area contributed by atoms with Gasteiger partial charge in [-0.25, -0.2) is 0 Å². The summed E-state index contributed by atoms with van der Waals surface area (Å²) >= 11 is 2.16. The fraction of sp³-hybridized carbons (Fsp3) is 0.353. The van der Waals surface area contributed by atoms with Gasteiger partial charge in [0.2, 0.25) is 0 Å². The first-order valence-electron chi connectivity index (χ1n) is 7.69. The first-order valence-corrected chi connectivity index (χ1v) is 9.39. The molecule has 1 aromatic heterocycles. The van der Waals surface area contributed by atoms with Gasteiger partial charge in [0.1, 0.15) is 11.0 Å². The van der Waals surface area contributed by atoms with E-state index in [2.05, 4.69) is 4.98 Å². The summed E-state index contributed by atoms with van der Waals surface area (Å²) in [5.74, 6) is -1.72. The molecule has 0 radical (unpaired) electrons. The molecule has 0 bridgehead atoms. The Bertz CT molecular complexity index is 872. The average Bonchev–Trinajstić information content (AvgIpc) is 3.05. The average molecular weight is 395 g/mol. The van der Waals surface area contributed by atoms with E-state index in [9.17, 15) is 14.4 Å². The summed E-state index contributed by atoms with van der Waals surface area (Å²) in [6, 6.07) is 7.18. The zero-order valence-electron chi connectivity index (χ0n) is 14.3. The second-order valence-corrected chi connectivity index (χ2v) is 7.74. The van der Waals surface area contributed by atoms with E-state index in [-0.39, 0.29) is 4.87 Å². The van der Waals surface area contributed by atoms with Crippen molar-refractivity contribution in [3.05, 3.63) is 44.4 Å². The van der Waals surface area contributed by atoms with E-state index in [4.69, 9.17) is 14.2 Å². The van der Waals surface area contributed by atoms with Crippen LogP contribution in [0.4, 0.5) is 0 Å². The van der Waals surface area contributed by atoms with Crippen LogP contribution in [0.1, 0.15) is 16.4 Å². The molecule has 0 unspecified atom stereocenters. The van der Waals surface area contributed by atoms with Crippen molar-refractivity contribution in [3.8, 4) is 5.75 Å². The zero-order valence-corrected chi connectivity index (χ0v) is 15.9. The fourth-order valence-corrected chi connectivity index (χ4v) is 5.53. The van der Waals surface area contributed by atoms with Crippen LogP contribution in [0.3, 0.4) is 0 Å². The van der Waals surface area contributed by atoms with Gasteiger partial charge in [-0.05, 0) is 17.7 Å². The molecule has 138 valence electrons. The third kappa shape index (κ3) is 3.24. The number of nitrogens with one attached hydrogen (secondary N) is 1. The van der Waals surface area contributed by atoms with Crippen molar-refractivity contribution in [1.29, 1.82) is 0 Å². The maximum Gasteiger partial charge on any atom is 0.320 e. The highest BCUT2D eigenvalue weighted by Gasteiger charge is 2.48. The fourth-order valence-electron chi connectivity index (χ4n) is 3.03. The molecule has 0 saturated heterocycles. The molecule has 9 heteroatoms. The predicted octanol–water partition coefficient (Wildman–Crippen LogP) is 2.01. The monoisotopic (exact) mass is 395 g/mol. The zero-order chi connectivity index (χ0) is 18.8. The number of benzene rings is 1. The van der Waals surface area contributed by atoms with Crippen molar-refractivity contribution < 1.29 is 23.8 Å². The highest BCUT2D eigenvalue weighted by Crippen LogP contribution is 2.49. The van der Waals surface area contributed by atoms with E-state index in [1.807, 2.05) is 12.1 Å². The lowest BCUT2D eigenvalue weighted by atomic mass is 9.82. The lowest BCUT2D eigenvalue weighted by Gasteiger charge is -2.34. The van der Waals surface area contributed by atoms with Gasteiger partial charge in [0.05, 0.1) is 32.3 Å². The Kier molecular flexibility index (Phi) is 5.38. The molecular weight excluding hydrogens is 378 g/mol. The Morgan fingerprint density at radius 3 is 2.27 bits per heavy atom. The number of aromatic nitrogens is 1. The Morgan fingerprint density at radius 1 is 1.04 bits per heavy atom. The standard InChI is InChI=1S/C17H17NO6S2/c1-22-9-6-4-8(5-7-9)10-11(15(19)23-2)13(16(20)24-3)25-14-12(10)26-17(21)18-14/h4-7,10-11,13H,1-3H3,(H,18,21)/t10-,11+,13-/m0/s1. The summed E-state index contributed by atoms with van der Waals surface area (Å²) in [6.45, 7) is 0. The number of fused-ring (bicyclic) bond motifs is 1. The SMILES string of the molecule is COC(=O)[C@@H]1[C@H](c2ccc(OC)cc2)c2sc(=O)[nH]c2S[C@@H]1C(=O)OC. The van der Waals surface area contributed by atoms with Crippen LogP contribution in [0.5, 0.6) is 5.75 Å². The number of carbonyl (C=O) groups is 2. The maximum atomic E-state index is 12.6. The molecule has 1 aromatic carbocycles. The summed E-state index contributed by atoms with van der Waals surface area (Å²) in [5.41, 5.74) is 0.784. The number of thiazole rings is 1. The molecule has 26 heavy (non-hydrogen) atoms. The molecule has 2 aromatic rings. The number of carbonyl (C=O) groups excluding carboxylic acids is 2. The molecule has 0 fully saturated rings. The van der Waals surface area contributed by atoms with Crippen LogP contribution in [-0.4, -0.2) is 43.5 Å². The molecule has 3 atom stereocenters. The summed E-state index contributed by atoms with van der Waals surface area (Å²) in [5, 5.41) is -0.242. The number of thioether (sulfide) groups is 1. The van der Waals surface area contributed by atoms with Gasteiger partial charge in [0.25, 0.3) is 0 Å². The minimum Gasteiger partial charge on any atom is -0.497 e. The molecule has 1 N–H and O–H groups in total. The van der Waals surface area contributed by atoms with Crippen LogP contribution in [0.2, 0.25) is 0 Å². The minimum atomic E-state index is -0.822. The minimum absolute atomic E-state index is 0.241. The van der Waals surface area contributed by atoms with Gasteiger partial charge >= 0.3 is 16.8 Å². The third-order valence-corrected chi connectivity index (χ3v) is 6.63. The predicted molar refractivity (Wildman–Crippen MR) is 96.9 cm³/mol. The number of methoxy groups -OCH3 is 3. The van der Waals surface area contributed by atoms with Crippen molar-refractivity contribution in [3.63, 3.8) is 0 Å². The van der Waals surface area contributed by atoms with Gasteiger partial charge in [-0.3, -0.25) is 14.4 Å². The largest absolute Gasteiger partial charge is 0.497 e. The molecule has 0 aliphatic carbocycles. The van der Waals surface area contributed by atoms with E-state index < -0.39 is 29.0 Å². The van der Waals surface area contributed by atoms with E-state index in [1.165, 1.54) is 14.2 Å². The molecule has 7 nitrogen and oxygen atoms in total. The number of esters is 2. The second-order valence-electron chi connectivity index (χ2n) is 5.57. The van der Waals surface area contributed by atoms with E-state index >= 15 is 0 Å². The Hall–Kier alpha value is -2.26. The molecule has 0 saturated carbocycles. The van der Waals surface area contributed by atoms with Crippen molar-refractivity contribution in [1.82, 2.24) is 4.98 Å². The Labute approximate surface area is 157 Å². The first-order chi connectivity index (χ1) is 12.5. The lowest BCUT2D eigenvalue weighted by Crippen LogP contribution is -2.40. The normalized spacial score (nSPS) is 21.6. The summed E-state index contributed by atoms with van der Waals surface area (Å²) in [6.07, 6.45) is 0. The number of rotatable bonds is 4. The van der Waals surface area contributed by atoms with Gasteiger partial charge in [-0.15, -0.1) is 0 Å². The lowest BCUT2D eigenvalue weighted by molar-refractivity contribution is -0.151. The number of ether oxygens (including phenoxy) is 3. The van der Waals surface area contributed by atoms with Crippen molar-refractivity contribution in [2.45, 2.75) is 16.2 Å². The molecule has 3 rings (SSSR count). The second kappa shape index (κ2) is 7.55. The van der Waals surface area contributed by atoms with Gasteiger partial charge in [-0.1, -0.05) is 35.2 Å². The van der Waals surface area contributed by atoms with Crippen LogP contribution >= 0.6 is 23.1 Å². The molecule has 1 aliphatic heterocycles. The van der Waals surface area contributed by atoms with Gasteiger partial charge in [0.15, 0.2) is 0 Å². The molecular formula is C17H17NO6S2. The van der Waals surface area contributed by atoms with Gasteiger partial charge in [0, 0.05) is 10.8 Å². The third-order valence-electron chi connectivity index (χ3n) is 4.24. The summed E-state index contributed by atoms with van der Waals surface area (Å²) in [7, 11) is 4.11. The van der Waals surface area contributed by atoms with Crippen LogP contribution < -0.4 is 9.61 Å². The molecule has 0 amide bonds. The number of H-pyrrole nitrogens is 1. The molecule has 1 aliphatic rings. The topological polar surface area (TPSA) is 94.7 Å². The highest BCUT2D eigenvalue weighted by atomic mass is 32.2. The maximum absolute atomic E-state index is 12.6. The van der Waals surface area contributed by atoms with Crippen LogP contribution in [0, 0.1) is 5.92 Å². The van der Waals surface area contributed by atoms with Crippen LogP contribution in [0.15, 0.2) is 34.1 Å². The Morgan fingerprint density at radius 2 is 1.69 bits per heavy atom. The van der Waals surface area contributed by atoms with Crippen molar-refractivity contribution in [2.24, 2.45) is 5.92 Å². The number of hydrogen-bond acceptors (Lipinski definition) is 8. The quantitative estimate of drug-likeness (QED) is 0.792. The molecule has 2 heterocycles. The highest BCUT2D eigenvalue weighted by molar-refractivity contribution is 8.00. The van der Waals surface area contributed by atoms with Crippen LogP contribution in [0.25, 0.3) is 0 Å². The first kappa shape index (κ1) is 18.5. The Balaban J connectivity index is 2.17. The van der Waals surface area contributed by atoms with Crippen molar-refractivity contribution in [2.75, 3.05) is 21.3 Å². The summed E-state index contributed by atoms with van der Waals surface area (Å²) < 4.78 is 15.0. The van der Waals surface area contributed by atoms with Gasteiger partial charge < -0.3 is 19.2 Å². The van der Waals surface area contributed by atoms with E-state index in [1.54, 1.807) is 19.2 Å². The van der Waals surface area contributed by atoms with Crippen molar-refractivity contribution >= 4 is 35.0 Å². The van der Waals surface area contributed by atoms with Crippen LogP contribution in [-0.2, 0) is 19.1 Å². The summed E-state index contributed by atoms with van der Waals surface area (Å²) in [4.78, 5) is 40.0. The number of aromatic amines is 1. The number of hydrogen-bond donors (Lipinski definition) is 1. The van der Waals surface area contributed by atoms with Gasteiger partial charge in [-0.2, -0.15) is 0 Å².